The summed E-state index contributed by atoms with van der Waals surface area (Å²) in [7, 11) is 5.22. The van der Waals surface area contributed by atoms with Crippen LogP contribution in [0.5, 0.6) is 11.5 Å². The van der Waals surface area contributed by atoms with Crippen LogP contribution in [0, 0.1) is 10.1 Å². The molecule has 3 aromatic carbocycles. The van der Waals surface area contributed by atoms with Crippen molar-refractivity contribution in [3.63, 3.8) is 0 Å². The number of nitro benzene ring substituents is 1. The summed E-state index contributed by atoms with van der Waals surface area (Å²) >= 11 is 0. The van der Waals surface area contributed by atoms with Crippen LogP contribution in [-0.2, 0) is 12.8 Å². The number of hydrogen-bond acceptors (Lipinski definition) is 6. The molecule has 0 radical (unpaired) electrons. The molecule has 0 aliphatic carbocycles. The molecule has 0 fully saturated rings. The number of likely N-dealkylation sites (N-methyl/N-ethyl adjacent to an activating group) is 1. The summed E-state index contributed by atoms with van der Waals surface area (Å²) in [6.45, 7) is 0.948. The highest BCUT2D eigenvalue weighted by Gasteiger charge is 2.25. The van der Waals surface area contributed by atoms with Gasteiger partial charge in [-0.3, -0.25) is 14.9 Å². The minimum absolute atomic E-state index is 0.102. The van der Waals surface area contributed by atoms with E-state index in [2.05, 4.69) is 17.4 Å². The number of nitro groups is 1. The fraction of sp³-hybridized carbons (Fsp3) is 0.269. The molecule has 0 aromatic heterocycles. The zero-order valence-corrected chi connectivity index (χ0v) is 19.6. The summed E-state index contributed by atoms with van der Waals surface area (Å²) < 4.78 is 11.0. The molecule has 8 nitrogen and oxygen atoms in total. The van der Waals surface area contributed by atoms with Crippen molar-refractivity contribution in [1.82, 2.24) is 4.90 Å². The molecule has 0 saturated heterocycles. The lowest BCUT2D eigenvalue weighted by molar-refractivity contribution is -0.385. The van der Waals surface area contributed by atoms with Crippen LogP contribution in [0.1, 0.15) is 21.5 Å². The van der Waals surface area contributed by atoms with E-state index in [0.29, 0.717) is 18.8 Å². The third kappa shape index (κ3) is 6.79. The highest BCUT2D eigenvalue weighted by atomic mass is 16.6. The molecular formula is C26H29N3O5. The number of amides is 1. The van der Waals surface area contributed by atoms with Crippen molar-refractivity contribution >= 4 is 17.3 Å². The van der Waals surface area contributed by atoms with E-state index in [1.165, 1.54) is 24.8 Å². The second-order valence-electron chi connectivity index (χ2n) is 8.07. The van der Waals surface area contributed by atoms with Gasteiger partial charge in [0.1, 0.15) is 12.2 Å². The molecule has 34 heavy (non-hydrogen) atoms. The van der Waals surface area contributed by atoms with Gasteiger partial charge in [0.05, 0.1) is 18.1 Å². The average molecular weight is 464 g/mol. The maximum absolute atomic E-state index is 12.9. The minimum atomic E-state index is -0.597. The Morgan fingerprint density at radius 3 is 2.21 bits per heavy atom. The molecule has 178 valence electrons. The Bertz CT molecular complexity index is 1120. The van der Waals surface area contributed by atoms with E-state index >= 15 is 0 Å². The van der Waals surface area contributed by atoms with Crippen LogP contribution in [0.2, 0.25) is 0 Å². The number of ether oxygens (including phenoxy) is 2. The van der Waals surface area contributed by atoms with Crippen LogP contribution in [-0.4, -0.2) is 50.1 Å². The summed E-state index contributed by atoms with van der Waals surface area (Å²) in [5, 5.41) is 14.4. The van der Waals surface area contributed by atoms with Crippen LogP contribution in [0.25, 0.3) is 0 Å². The lowest BCUT2D eigenvalue weighted by Crippen LogP contribution is -2.20. The zero-order chi connectivity index (χ0) is 24.5. The molecule has 1 N–H and O–H groups in total. The number of benzene rings is 3. The quantitative estimate of drug-likeness (QED) is 0.330. The van der Waals surface area contributed by atoms with Gasteiger partial charge in [0.15, 0.2) is 11.5 Å². The van der Waals surface area contributed by atoms with Gasteiger partial charge in [-0.05, 0) is 50.2 Å². The lowest BCUT2D eigenvalue weighted by atomic mass is 10.0. The van der Waals surface area contributed by atoms with Crippen molar-refractivity contribution in [2.75, 3.05) is 39.7 Å². The number of carbonyl (C=O) groups excluding carboxylic acids is 1. The fourth-order valence-corrected chi connectivity index (χ4v) is 3.38. The predicted molar refractivity (Wildman–Crippen MR) is 132 cm³/mol. The number of carbonyl (C=O) groups is 1. The van der Waals surface area contributed by atoms with Gasteiger partial charge in [-0.15, -0.1) is 0 Å². The third-order valence-electron chi connectivity index (χ3n) is 5.28. The molecule has 0 unspecified atom stereocenters. The monoisotopic (exact) mass is 463 g/mol. The summed E-state index contributed by atoms with van der Waals surface area (Å²) in [5.41, 5.74) is 2.49. The predicted octanol–water partition coefficient (Wildman–Crippen LogP) is 4.58. The first-order valence-electron chi connectivity index (χ1n) is 11.0. The van der Waals surface area contributed by atoms with E-state index in [1.807, 2.05) is 49.3 Å². The number of anilines is 1. The van der Waals surface area contributed by atoms with Crippen molar-refractivity contribution in [2.45, 2.75) is 12.8 Å². The van der Waals surface area contributed by atoms with Crippen molar-refractivity contribution in [2.24, 2.45) is 0 Å². The Balaban J connectivity index is 1.72. The summed E-state index contributed by atoms with van der Waals surface area (Å²) in [6.07, 6.45) is 1.79. The molecule has 0 heterocycles. The van der Waals surface area contributed by atoms with Crippen LogP contribution in [0.3, 0.4) is 0 Å². The molecule has 0 bridgehead atoms. The molecule has 3 rings (SSSR count). The van der Waals surface area contributed by atoms with E-state index in [1.54, 1.807) is 12.1 Å². The number of methoxy groups -OCH3 is 1. The van der Waals surface area contributed by atoms with Gasteiger partial charge in [0.2, 0.25) is 0 Å². The Labute approximate surface area is 199 Å². The lowest BCUT2D eigenvalue weighted by Gasteiger charge is -2.15. The van der Waals surface area contributed by atoms with E-state index in [0.717, 1.165) is 18.4 Å². The normalized spacial score (nSPS) is 10.7. The number of rotatable bonds is 11. The maximum atomic E-state index is 12.9. The van der Waals surface area contributed by atoms with E-state index in [-0.39, 0.29) is 22.7 Å². The van der Waals surface area contributed by atoms with Gasteiger partial charge < -0.3 is 19.7 Å². The van der Waals surface area contributed by atoms with Gasteiger partial charge in [-0.2, -0.15) is 0 Å². The maximum Gasteiger partial charge on any atom is 0.286 e. The highest BCUT2D eigenvalue weighted by Crippen LogP contribution is 2.35. The van der Waals surface area contributed by atoms with Crippen LogP contribution in [0.15, 0.2) is 66.7 Å². The number of aryl methyl sites for hydroxylation is 2. The SMILES string of the molecule is COc1cc(C(=O)Nc2ccc(CCc3ccccc3)cc2)c([N+](=O)[O-])cc1OCCN(C)C. The molecular weight excluding hydrogens is 434 g/mol. The molecule has 1 amide bonds. The number of hydrogen-bond donors (Lipinski definition) is 1. The smallest absolute Gasteiger partial charge is 0.286 e. The third-order valence-corrected chi connectivity index (χ3v) is 5.28. The average Bonchev–Trinajstić information content (AvgIpc) is 2.83. The first kappa shape index (κ1) is 24.7. The first-order chi connectivity index (χ1) is 16.4. The van der Waals surface area contributed by atoms with Crippen molar-refractivity contribution in [3.05, 3.63) is 93.5 Å². The van der Waals surface area contributed by atoms with Crippen molar-refractivity contribution in [3.8, 4) is 11.5 Å². The fourth-order valence-electron chi connectivity index (χ4n) is 3.38. The van der Waals surface area contributed by atoms with Gasteiger partial charge >= 0.3 is 0 Å². The Hall–Kier alpha value is -3.91. The number of nitrogens with one attached hydrogen (secondary N) is 1. The highest BCUT2D eigenvalue weighted by molar-refractivity contribution is 6.07. The summed E-state index contributed by atoms with van der Waals surface area (Å²) in [4.78, 5) is 25.9. The van der Waals surface area contributed by atoms with Gasteiger partial charge in [-0.1, -0.05) is 42.5 Å². The zero-order valence-electron chi connectivity index (χ0n) is 19.6. The van der Waals surface area contributed by atoms with E-state index in [4.69, 9.17) is 9.47 Å². The second-order valence-corrected chi connectivity index (χ2v) is 8.07. The van der Waals surface area contributed by atoms with Gasteiger partial charge in [0, 0.05) is 18.3 Å². The molecule has 0 aliphatic heterocycles. The molecule has 8 heteroatoms. The molecule has 0 atom stereocenters. The molecule has 0 spiro atoms. The summed E-state index contributed by atoms with van der Waals surface area (Å²) in [6, 6.07) is 20.2. The minimum Gasteiger partial charge on any atom is -0.493 e. The van der Waals surface area contributed by atoms with Crippen LogP contribution >= 0.6 is 0 Å². The van der Waals surface area contributed by atoms with E-state index in [9.17, 15) is 14.9 Å². The van der Waals surface area contributed by atoms with Crippen molar-refractivity contribution < 1.29 is 19.2 Å². The Morgan fingerprint density at radius 1 is 0.971 bits per heavy atom. The second kappa shape index (κ2) is 11.8. The molecule has 0 saturated carbocycles. The largest absolute Gasteiger partial charge is 0.493 e. The van der Waals surface area contributed by atoms with Gasteiger partial charge in [0.25, 0.3) is 11.6 Å². The van der Waals surface area contributed by atoms with Crippen LogP contribution < -0.4 is 14.8 Å². The Morgan fingerprint density at radius 2 is 1.62 bits per heavy atom. The summed E-state index contributed by atoms with van der Waals surface area (Å²) in [5.74, 6) is -0.122. The molecule has 0 aliphatic rings. The van der Waals surface area contributed by atoms with Crippen LogP contribution in [0.4, 0.5) is 11.4 Å². The van der Waals surface area contributed by atoms with Crippen molar-refractivity contribution in [1.29, 1.82) is 0 Å². The standard InChI is InChI=1S/C26H29N3O5/c1-28(2)15-16-34-25-18-23(29(31)32)22(17-24(25)33-3)26(30)27-21-13-11-20(12-14-21)10-9-19-7-5-4-6-8-19/h4-8,11-14,17-18H,9-10,15-16H2,1-3H3,(H,27,30). The molecule has 3 aromatic rings. The first-order valence-corrected chi connectivity index (χ1v) is 11.0. The van der Waals surface area contributed by atoms with Gasteiger partial charge in [-0.25, -0.2) is 0 Å². The topological polar surface area (TPSA) is 93.9 Å². The Kier molecular flexibility index (Phi) is 8.59. The number of nitrogens with zero attached hydrogens (tertiary/aromatic N) is 2. The van der Waals surface area contributed by atoms with E-state index < -0.39 is 10.8 Å².